The fourth-order valence-corrected chi connectivity index (χ4v) is 2.18. The van der Waals surface area contributed by atoms with Gasteiger partial charge in [0.15, 0.2) is 0 Å². The van der Waals surface area contributed by atoms with Gasteiger partial charge in [0.1, 0.15) is 0 Å². The number of carboxylic acids is 1. The van der Waals surface area contributed by atoms with Crippen molar-refractivity contribution < 1.29 is 14.7 Å². The van der Waals surface area contributed by atoms with Gasteiger partial charge in [0.05, 0.1) is 5.56 Å². The SMILES string of the molecule is CC(C)CN(C)C(=O)c1cc(Br)cc(C(=O)O)c1. The standard InChI is InChI=1S/C13H16BrNO3/c1-8(2)7-15(3)12(16)9-4-10(13(17)18)6-11(14)5-9/h4-6,8H,7H2,1-3H3,(H,17,18). The van der Waals surface area contributed by atoms with Crippen LogP contribution in [0.1, 0.15) is 34.6 Å². The van der Waals surface area contributed by atoms with Crippen LogP contribution in [0.2, 0.25) is 0 Å². The van der Waals surface area contributed by atoms with E-state index in [2.05, 4.69) is 15.9 Å². The molecule has 0 spiro atoms. The lowest BCUT2D eigenvalue weighted by Crippen LogP contribution is -2.30. The quantitative estimate of drug-likeness (QED) is 0.930. The number of nitrogens with zero attached hydrogens (tertiary/aromatic N) is 1. The van der Waals surface area contributed by atoms with Gasteiger partial charge >= 0.3 is 5.97 Å². The summed E-state index contributed by atoms with van der Waals surface area (Å²) >= 11 is 3.22. The zero-order valence-electron chi connectivity index (χ0n) is 10.6. The molecule has 0 aliphatic carbocycles. The molecule has 1 aromatic carbocycles. The second-order valence-electron chi connectivity index (χ2n) is 4.61. The average molecular weight is 314 g/mol. The van der Waals surface area contributed by atoms with Crippen LogP contribution in [0.15, 0.2) is 22.7 Å². The molecule has 0 aliphatic rings. The molecular weight excluding hydrogens is 298 g/mol. The Bertz CT molecular complexity index is 471. The van der Waals surface area contributed by atoms with Crippen LogP contribution in [0.5, 0.6) is 0 Å². The number of carboxylic acid groups (broad SMARTS) is 1. The first kappa shape index (κ1) is 14.7. The molecule has 0 saturated carbocycles. The van der Waals surface area contributed by atoms with Gasteiger partial charge < -0.3 is 10.0 Å². The van der Waals surface area contributed by atoms with E-state index in [4.69, 9.17) is 5.11 Å². The third-order valence-corrected chi connectivity index (χ3v) is 2.84. The first-order valence-corrected chi connectivity index (χ1v) is 6.40. The van der Waals surface area contributed by atoms with E-state index in [-0.39, 0.29) is 11.5 Å². The smallest absolute Gasteiger partial charge is 0.335 e. The summed E-state index contributed by atoms with van der Waals surface area (Å²) in [6.07, 6.45) is 0. The first-order valence-electron chi connectivity index (χ1n) is 5.60. The molecule has 0 heterocycles. The summed E-state index contributed by atoms with van der Waals surface area (Å²) in [5.74, 6) is -0.852. The molecule has 0 radical (unpaired) electrons. The minimum Gasteiger partial charge on any atom is -0.478 e. The molecule has 0 aliphatic heterocycles. The third-order valence-electron chi connectivity index (χ3n) is 2.38. The van der Waals surface area contributed by atoms with Crippen molar-refractivity contribution in [2.75, 3.05) is 13.6 Å². The molecule has 0 fully saturated rings. The molecule has 1 rings (SSSR count). The summed E-state index contributed by atoms with van der Waals surface area (Å²) in [4.78, 5) is 24.6. The second-order valence-corrected chi connectivity index (χ2v) is 5.53. The predicted molar refractivity (Wildman–Crippen MR) is 72.9 cm³/mol. The van der Waals surface area contributed by atoms with Crippen LogP contribution in [0, 0.1) is 5.92 Å². The summed E-state index contributed by atoms with van der Waals surface area (Å²) in [5.41, 5.74) is 0.482. The van der Waals surface area contributed by atoms with Crippen LogP contribution in [-0.2, 0) is 0 Å². The highest BCUT2D eigenvalue weighted by Crippen LogP contribution is 2.17. The van der Waals surface area contributed by atoms with Crippen LogP contribution in [0.3, 0.4) is 0 Å². The monoisotopic (exact) mass is 313 g/mol. The van der Waals surface area contributed by atoms with E-state index in [1.807, 2.05) is 13.8 Å². The Kier molecular flexibility index (Phi) is 4.90. The number of halogens is 1. The minimum absolute atomic E-state index is 0.102. The van der Waals surface area contributed by atoms with Gasteiger partial charge in [-0.1, -0.05) is 29.8 Å². The van der Waals surface area contributed by atoms with Gasteiger partial charge in [-0.15, -0.1) is 0 Å². The number of carbonyl (C=O) groups is 2. The molecular formula is C13H16BrNO3. The summed E-state index contributed by atoms with van der Waals surface area (Å²) in [7, 11) is 1.71. The van der Waals surface area contributed by atoms with Gasteiger partial charge in [-0.2, -0.15) is 0 Å². The molecule has 1 amide bonds. The van der Waals surface area contributed by atoms with Crippen LogP contribution >= 0.6 is 15.9 Å². The van der Waals surface area contributed by atoms with Crippen molar-refractivity contribution in [1.29, 1.82) is 0 Å². The lowest BCUT2D eigenvalue weighted by atomic mass is 10.1. The summed E-state index contributed by atoms with van der Waals surface area (Å²) in [5, 5.41) is 8.95. The third kappa shape index (κ3) is 3.84. The van der Waals surface area contributed by atoms with Crippen molar-refractivity contribution in [1.82, 2.24) is 4.90 Å². The highest BCUT2D eigenvalue weighted by atomic mass is 79.9. The summed E-state index contributed by atoms with van der Waals surface area (Å²) in [6, 6.07) is 4.50. The van der Waals surface area contributed by atoms with E-state index < -0.39 is 5.97 Å². The molecule has 4 nitrogen and oxygen atoms in total. The van der Waals surface area contributed by atoms with Crippen molar-refractivity contribution in [3.05, 3.63) is 33.8 Å². The van der Waals surface area contributed by atoms with Crippen molar-refractivity contribution in [3.8, 4) is 0 Å². The number of amides is 1. The van der Waals surface area contributed by atoms with E-state index in [1.54, 1.807) is 18.0 Å². The number of carbonyl (C=O) groups excluding carboxylic acids is 1. The lowest BCUT2D eigenvalue weighted by molar-refractivity contribution is 0.0697. The second kappa shape index (κ2) is 6.00. The summed E-state index contributed by atoms with van der Waals surface area (Å²) in [6.45, 7) is 4.68. The molecule has 0 atom stereocenters. The van der Waals surface area contributed by atoms with Crippen molar-refractivity contribution in [2.45, 2.75) is 13.8 Å². The van der Waals surface area contributed by atoms with E-state index in [0.717, 1.165) is 0 Å². The average Bonchev–Trinajstić information content (AvgIpc) is 2.26. The van der Waals surface area contributed by atoms with Crippen molar-refractivity contribution in [3.63, 3.8) is 0 Å². The molecule has 0 saturated heterocycles. The first-order chi connectivity index (χ1) is 8.31. The van der Waals surface area contributed by atoms with Gasteiger partial charge in [0.25, 0.3) is 5.91 Å². The fraction of sp³-hybridized carbons (Fsp3) is 0.385. The highest BCUT2D eigenvalue weighted by molar-refractivity contribution is 9.10. The van der Waals surface area contributed by atoms with E-state index in [0.29, 0.717) is 22.5 Å². The zero-order chi connectivity index (χ0) is 13.9. The number of aromatic carboxylic acids is 1. The van der Waals surface area contributed by atoms with E-state index in [1.165, 1.54) is 12.1 Å². The molecule has 0 bridgehead atoms. The number of rotatable bonds is 4. The molecule has 1 N–H and O–H groups in total. The maximum Gasteiger partial charge on any atom is 0.335 e. The highest BCUT2D eigenvalue weighted by Gasteiger charge is 2.15. The Balaban J connectivity index is 3.02. The Labute approximate surface area is 115 Å². The van der Waals surface area contributed by atoms with Crippen LogP contribution in [0.25, 0.3) is 0 Å². The van der Waals surface area contributed by atoms with Gasteiger partial charge in [-0.3, -0.25) is 4.79 Å². The van der Waals surface area contributed by atoms with Gasteiger partial charge in [-0.25, -0.2) is 4.79 Å². The number of hydrogen-bond donors (Lipinski definition) is 1. The lowest BCUT2D eigenvalue weighted by Gasteiger charge is -2.19. The molecule has 0 aromatic heterocycles. The molecule has 0 unspecified atom stereocenters. The van der Waals surface area contributed by atoms with Gasteiger partial charge in [0.2, 0.25) is 0 Å². The maximum atomic E-state index is 12.1. The van der Waals surface area contributed by atoms with E-state index >= 15 is 0 Å². The van der Waals surface area contributed by atoms with Gasteiger partial charge in [0, 0.05) is 23.6 Å². The maximum absolute atomic E-state index is 12.1. The minimum atomic E-state index is -1.04. The van der Waals surface area contributed by atoms with Gasteiger partial charge in [-0.05, 0) is 24.1 Å². The molecule has 1 aromatic rings. The number of benzene rings is 1. The van der Waals surface area contributed by atoms with Crippen LogP contribution < -0.4 is 0 Å². The zero-order valence-corrected chi connectivity index (χ0v) is 12.2. The normalized spacial score (nSPS) is 10.5. The van der Waals surface area contributed by atoms with Crippen molar-refractivity contribution in [2.24, 2.45) is 5.92 Å². The Hall–Kier alpha value is -1.36. The molecule has 98 valence electrons. The summed E-state index contributed by atoms with van der Waals surface area (Å²) < 4.78 is 0.587. The topological polar surface area (TPSA) is 57.6 Å². The molecule has 5 heteroatoms. The largest absolute Gasteiger partial charge is 0.478 e. The van der Waals surface area contributed by atoms with Crippen LogP contribution in [0.4, 0.5) is 0 Å². The fourth-order valence-electron chi connectivity index (χ4n) is 1.69. The number of hydrogen-bond acceptors (Lipinski definition) is 2. The Morgan fingerprint density at radius 2 is 1.83 bits per heavy atom. The Morgan fingerprint density at radius 3 is 2.33 bits per heavy atom. The van der Waals surface area contributed by atoms with Crippen molar-refractivity contribution >= 4 is 27.8 Å². The van der Waals surface area contributed by atoms with Crippen LogP contribution in [-0.4, -0.2) is 35.5 Å². The predicted octanol–water partition coefficient (Wildman–Crippen LogP) is 2.88. The Morgan fingerprint density at radius 1 is 1.28 bits per heavy atom. The van der Waals surface area contributed by atoms with E-state index in [9.17, 15) is 9.59 Å². The molecule has 18 heavy (non-hydrogen) atoms.